The molecule has 0 bridgehead atoms. The van der Waals surface area contributed by atoms with Crippen molar-refractivity contribution < 1.29 is 4.79 Å². The Morgan fingerprint density at radius 2 is 2.17 bits per heavy atom. The van der Waals surface area contributed by atoms with Gasteiger partial charge in [0.2, 0.25) is 0 Å². The van der Waals surface area contributed by atoms with Crippen LogP contribution in [0.4, 0.5) is 0 Å². The first-order valence-electron chi connectivity index (χ1n) is 8.58. The predicted octanol–water partition coefficient (Wildman–Crippen LogP) is 2.49. The molecule has 2 heterocycles. The number of rotatable bonds is 6. The third-order valence-corrected chi connectivity index (χ3v) is 5.02. The fourth-order valence-corrected chi connectivity index (χ4v) is 3.19. The summed E-state index contributed by atoms with van der Waals surface area (Å²) >= 11 is 0. The van der Waals surface area contributed by atoms with E-state index in [-0.39, 0.29) is 5.91 Å². The molecule has 0 aliphatic heterocycles. The van der Waals surface area contributed by atoms with Gasteiger partial charge in [0.05, 0.1) is 0 Å². The molecule has 0 spiro atoms. The van der Waals surface area contributed by atoms with E-state index in [1.165, 1.54) is 37.9 Å². The number of nitrogens with zero attached hydrogens (tertiary/aromatic N) is 3. The van der Waals surface area contributed by atoms with Crippen LogP contribution in [0, 0.1) is 6.92 Å². The van der Waals surface area contributed by atoms with Crippen molar-refractivity contribution in [2.24, 2.45) is 0 Å². The molecule has 4 rings (SSSR count). The van der Waals surface area contributed by atoms with Crippen LogP contribution in [-0.2, 0) is 6.54 Å². The quantitative estimate of drug-likeness (QED) is 0.860. The molecule has 2 aromatic rings. The minimum Gasteiger partial charge on any atom is -0.349 e. The van der Waals surface area contributed by atoms with Crippen LogP contribution in [0.15, 0.2) is 12.3 Å². The number of hydrogen-bond donors (Lipinski definition) is 2. The number of H-pyrrole nitrogens is 1. The number of carbonyl (C=O) groups is 1. The lowest BCUT2D eigenvalue weighted by Crippen LogP contribution is -2.29. The van der Waals surface area contributed by atoms with Gasteiger partial charge in [0.15, 0.2) is 0 Å². The SMILES string of the molecule is Cc1cnc(C2CCC2)n1CCNC(=O)c1cc(C2CC2)[nH]n1. The Bertz CT molecular complexity index is 708. The number of aromatic amines is 1. The Morgan fingerprint density at radius 3 is 2.87 bits per heavy atom. The highest BCUT2D eigenvalue weighted by molar-refractivity contribution is 5.92. The molecule has 122 valence electrons. The lowest BCUT2D eigenvalue weighted by molar-refractivity contribution is 0.0947. The van der Waals surface area contributed by atoms with Gasteiger partial charge in [-0.05, 0) is 38.7 Å². The zero-order valence-electron chi connectivity index (χ0n) is 13.5. The minimum atomic E-state index is -0.101. The summed E-state index contributed by atoms with van der Waals surface area (Å²) < 4.78 is 2.24. The maximum Gasteiger partial charge on any atom is 0.271 e. The van der Waals surface area contributed by atoms with E-state index in [4.69, 9.17) is 0 Å². The van der Waals surface area contributed by atoms with E-state index in [9.17, 15) is 4.79 Å². The van der Waals surface area contributed by atoms with Crippen LogP contribution in [0.5, 0.6) is 0 Å². The van der Waals surface area contributed by atoms with Crippen molar-refractivity contribution in [1.82, 2.24) is 25.1 Å². The van der Waals surface area contributed by atoms with E-state index in [2.05, 4.69) is 32.0 Å². The number of imidazole rings is 1. The van der Waals surface area contributed by atoms with Crippen LogP contribution in [0.2, 0.25) is 0 Å². The third-order valence-electron chi connectivity index (χ3n) is 5.02. The molecular weight excluding hydrogens is 290 g/mol. The van der Waals surface area contributed by atoms with Crippen LogP contribution in [0.25, 0.3) is 0 Å². The van der Waals surface area contributed by atoms with Crippen molar-refractivity contribution in [3.8, 4) is 0 Å². The average Bonchev–Trinajstić information content (AvgIpc) is 3.12. The standard InChI is InChI=1S/C17H23N5O/c1-11-10-19-16(13-3-2-4-13)22(11)8-7-18-17(23)15-9-14(20-21-15)12-5-6-12/h9-10,12-13H,2-8H2,1H3,(H,18,23)(H,20,21). The Morgan fingerprint density at radius 1 is 1.35 bits per heavy atom. The number of nitrogens with one attached hydrogen (secondary N) is 2. The van der Waals surface area contributed by atoms with Gasteiger partial charge in [-0.2, -0.15) is 5.10 Å². The second kappa shape index (κ2) is 5.83. The molecule has 2 N–H and O–H groups in total. The number of aromatic nitrogens is 4. The number of hydrogen-bond acceptors (Lipinski definition) is 3. The van der Waals surface area contributed by atoms with Crippen molar-refractivity contribution >= 4 is 5.91 Å². The molecule has 2 aromatic heterocycles. The molecule has 0 aromatic carbocycles. The summed E-state index contributed by atoms with van der Waals surface area (Å²) in [5, 5.41) is 10.1. The number of carbonyl (C=O) groups excluding carboxylic acids is 1. The van der Waals surface area contributed by atoms with E-state index in [0.717, 1.165) is 17.9 Å². The lowest BCUT2D eigenvalue weighted by atomic mass is 9.85. The molecule has 0 radical (unpaired) electrons. The summed E-state index contributed by atoms with van der Waals surface area (Å²) in [5.41, 5.74) is 2.75. The molecule has 6 heteroatoms. The third kappa shape index (κ3) is 2.90. The van der Waals surface area contributed by atoms with Gasteiger partial charge >= 0.3 is 0 Å². The van der Waals surface area contributed by atoms with Crippen molar-refractivity contribution in [2.45, 2.75) is 57.4 Å². The van der Waals surface area contributed by atoms with Gasteiger partial charge in [-0.3, -0.25) is 9.89 Å². The van der Waals surface area contributed by atoms with Gasteiger partial charge < -0.3 is 9.88 Å². The molecule has 0 saturated heterocycles. The van der Waals surface area contributed by atoms with Gasteiger partial charge in [-0.1, -0.05) is 6.42 Å². The Balaban J connectivity index is 1.34. The van der Waals surface area contributed by atoms with Crippen molar-refractivity contribution in [2.75, 3.05) is 6.54 Å². The summed E-state index contributed by atoms with van der Waals surface area (Å²) in [6, 6.07) is 1.88. The summed E-state index contributed by atoms with van der Waals surface area (Å²) in [6.45, 7) is 3.44. The van der Waals surface area contributed by atoms with E-state index in [1.54, 1.807) is 0 Å². The maximum absolute atomic E-state index is 12.2. The molecule has 6 nitrogen and oxygen atoms in total. The topological polar surface area (TPSA) is 75.6 Å². The molecule has 2 fully saturated rings. The summed E-state index contributed by atoms with van der Waals surface area (Å²) in [6.07, 6.45) is 8.11. The highest BCUT2D eigenvalue weighted by Crippen LogP contribution is 2.39. The van der Waals surface area contributed by atoms with E-state index < -0.39 is 0 Å². The Kier molecular flexibility index (Phi) is 3.67. The Labute approximate surface area is 135 Å². The van der Waals surface area contributed by atoms with Crippen molar-refractivity contribution in [1.29, 1.82) is 0 Å². The molecular formula is C17H23N5O. The molecule has 0 atom stereocenters. The smallest absolute Gasteiger partial charge is 0.271 e. The first kappa shape index (κ1) is 14.5. The van der Waals surface area contributed by atoms with Crippen LogP contribution >= 0.6 is 0 Å². The predicted molar refractivity (Wildman–Crippen MR) is 86.5 cm³/mol. The van der Waals surface area contributed by atoms with Crippen molar-refractivity contribution in [3.05, 3.63) is 35.2 Å². The number of aryl methyl sites for hydroxylation is 1. The fourth-order valence-electron chi connectivity index (χ4n) is 3.19. The molecule has 1 amide bonds. The van der Waals surface area contributed by atoms with Crippen molar-refractivity contribution in [3.63, 3.8) is 0 Å². The summed E-state index contributed by atoms with van der Waals surface area (Å²) in [5.74, 6) is 2.27. The average molecular weight is 313 g/mol. The first-order valence-corrected chi connectivity index (χ1v) is 8.58. The Hall–Kier alpha value is -2.11. The maximum atomic E-state index is 12.2. The minimum absolute atomic E-state index is 0.101. The highest BCUT2D eigenvalue weighted by atomic mass is 16.1. The van der Waals surface area contributed by atoms with Crippen LogP contribution in [-0.4, -0.2) is 32.2 Å². The second-order valence-corrected chi connectivity index (χ2v) is 6.78. The van der Waals surface area contributed by atoms with Crippen LogP contribution in [0.3, 0.4) is 0 Å². The molecule has 2 saturated carbocycles. The summed E-state index contributed by atoms with van der Waals surface area (Å²) in [7, 11) is 0. The normalized spacial score (nSPS) is 18.0. The van der Waals surface area contributed by atoms with Crippen LogP contribution < -0.4 is 5.32 Å². The van der Waals surface area contributed by atoms with Gasteiger partial charge in [0, 0.05) is 42.5 Å². The molecule has 2 aliphatic rings. The van der Waals surface area contributed by atoms with E-state index in [1.807, 2.05) is 12.3 Å². The van der Waals surface area contributed by atoms with Gasteiger partial charge in [-0.25, -0.2) is 4.98 Å². The number of amides is 1. The van der Waals surface area contributed by atoms with Crippen LogP contribution in [0.1, 0.15) is 71.6 Å². The molecule has 23 heavy (non-hydrogen) atoms. The van der Waals surface area contributed by atoms with Gasteiger partial charge in [0.1, 0.15) is 11.5 Å². The molecule has 2 aliphatic carbocycles. The zero-order valence-corrected chi connectivity index (χ0v) is 13.5. The summed E-state index contributed by atoms with van der Waals surface area (Å²) in [4.78, 5) is 16.7. The van der Waals surface area contributed by atoms with Gasteiger partial charge in [0.25, 0.3) is 5.91 Å². The fraction of sp³-hybridized carbons (Fsp3) is 0.588. The largest absolute Gasteiger partial charge is 0.349 e. The lowest BCUT2D eigenvalue weighted by Gasteiger charge is -2.26. The second-order valence-electron chi connectivity index (χ2n) is 6.78. The van der Waals surface area contributed by atoms with E-state index >= 15 is 0 Å². The zero-order chi connectivity index (χ0) is 15.8. The monoisotopic (exact) mass is 313 g/mol. The first-order chi connectivity index (χ1) is 11.2. The van der Waals surface area contributed by atoms with Gasteiger partial charge in [-0.15, -0.1) is 0 Å². The molecule has 0 unspecified atom stereocenters. The van der Waals surface area contributed by atoms with E-state index in [0.29, 0.717) is 24.1 Å². The highest BCUT2D eigenvalue weighted by Gasteiger charge is 2.27.